The van der Waals surface area contributed by atoms with Gasteiger partial charge in [0.25, 0.3) is 0 Å². The van der Waals surface area contributed by atoms with Crippen LogP contribution in [-0.2, 0) is 0 Å². The second kappa shape index (κ2) is 4.01. The molecule has 70 valence electrons. The summed E-state index contributed by atoms with van der Waals surface area (Å²) in [5.41, 5.74) is 1.28. The number of aromatic nitrogens is 2. The number of hydrogen-bond donors (Lipinski definition) is 1. The van der Waals surface area contributed by atoms with Crippen molar-refractivity contribution in [3.05, 3.63) is 22.7 Å². The molecule has 1 heterocycles. The lowest BCUT2D eigenvalue weighted by atomic mass is 9.87. The van der Waals surface area contributed by atoms with Crippen molar-refractivity contribution in [1.29, 1.82) is 0 Å². The van der Waals surface area contributed by atoms with Crippen LogP contribution in [0.4, 0.5) is 0 Å². The third-order valence-corrected chi connectivity index (χ3v) is 2.95. The zero-order valence-corrected chi connectivity index (χ0v) is 8.44. The van der Waals surface area contributed by atoms with Gasteiger partial charge in [0.2, 0.25) is 0 Å². The van der Waals surface area contributed by atoms with Crippen molar-refractivity contribution in [3.63, 3.8) is 0 Å². The van der Waals surface area contributed by atoms with E-state index in [-0.39, 0.29) is 0 Å². The summed E-state index contributed by atoms with van der Waals surface area (Å²) in [5.74, 6) is 0.693. The van der Waals surface area contributed by atoms with Gasteiger partial charge in [-0.2, -0.15) is 0 Å². The maximum Gasteiger partial charge on any atom is 0.196 e. The summed E-state index contributed by atoms with van der Waals surface area (Å²) in [6.07, 6.45) is 8.51. The summed E-state index contributed by atoms with van der Waals surface area (Å²) in [4.78, 5) is 7.17. The van der Waals surface area contributed by atoms with Gasteiger partial charge in [-0.1, -0.05) is 19.3 Å². The molecule has 2 rings (SSSR count). The van der Waals surface area contributed by atoms with Crippen LogP contribution in [0.3, 0.4) is 0 Å². The quantitative estimate of drug-likeness (QED) is 0.695. The standard InChI is InChI=1S/C10H14N2S/c13-10-11-7-6-9(12-10)8-4-2-1-3-5-8/h6-8H,1-5H2,(H,11,12,13). The van der Waals surface area contributed by atoms with Crippen LogP contribution >= 0.6 is 12.2 Å². The zero-order chi connectivity index (χ0) is 9.10. The first-order chi connectivity index (χ1) is 6.36. The number of nitrogens with one attached hydrogen (secondary N) is 1. The minimum atomic E-state index is 0.614. The summed E-state index contributed by atoms with van der Waals surface area (Å²) in [5, 5.41) is 0. The molecule has 0 saturated heterocycles. The second-order valence-corrected chi connectivity index (χ2v) is 4.05. The highest BCUT2D eigenvalue weighted by molar-refractivity contribution is 7.71. The van der Waals surface area contributed by atoms with Crippen molar-refractivity contribution in [3.8, 4) is 0 Å². The molecule has 1 fully saturated rings. The monoisotopic (exact) mass is 194 g/mol. The van der Waals surface area contributed by atoms with Gasteiger partial charge in [-0.05, 0) is 37.0 Å². The predicted molar refractivity (Wildman–Crippen MR) is 55.2 cm³/mol. The molecule has 0 aliphatic heterocycles. The van der Waals surface area contributed by atoms with Gasteiger partial charge in [0.1, 0.15) is 0 Å². The summed E-state index contributed by atoms with van der Waals surface area (Å²) in [7, 11) is 0. The summed E-state index contributed by atoms with van der Waals surface area (Å²) in [6, 6.07) is 2.06. The number of aromatic amines is 1. The molecule has 1 N–H and O–H groups in total. The van der Waals surface area contributed by atoms with Gasteiger partial charge in [0.05, 0.1) is 0 Å². The third-order valence-electron chi connectivity index (χ3n) is 2.74. The van der Waals surface area contributed by atoms with Crippen LogP contribution in [0.25, 0.3) is 0 Å². The SMILES string of the molecule is S=c1nccc(C2CCCCC2)[nH]1. The Balaban J connectivity index is 2.19. The summed E-state index contributed by atoms with van der Waals surface area (Å²) < 4.78 is 0.614. The van der Waals surface area contributed by atoms with E-state index in [0.29, 0.717) is 10.7 Å². The Kier molecular flexibility index (Phi) is 2.74. The predicted octanol–water partition coefficient (Wildman–Crippen LogP) is 3.19. The Morgan fingerprint density at radius 3 is 2.77 bits per heavy atom. The van der Waals surface area contributed by atoms with Crippen LogP contribution in [-0.4, -0.2) is 9.97 Å². The van der Waals surface area contributed by atoms with Crippen molar-refractivity contribution < 1.29 is 0 Å². The van der Waals surface area contributed by atoms with E-state index in [1.165, 1.54) is 37.8 Å². The Bertz CT molecular complexity index is 326. The molecule has 3 heteroatoms. The first-order valence-electron chi connectivity index (χ1n) is 4.91. The van der Waals surface area contributed by atoms with E-state index in [0.717, 1.165) is 0 Å². The largest absolute Gasteiger partial charge is 0.334 e. The smallest absolute Gasteiger partial charge is 0.196 e. The Hall–Kier alpha value is -0.700. The van der Waals surface area contributed by atoms with Gasteiger partial charge < -0.3 is 4.98 Å². The van der Waals surface area contributed by atoms with Crippen molar-refractivity contribution >= 4 is 12.2 Å². The highest BCUT2D eigenvalue weighted by atomic mass is 32.1. The van der Waals surface area contributed by atoms with Gasteiger partial charge in [0, 0.05) is 11.9 Å². The minimum Gasteiger partial charge on any atom is -0.334 e. The van der Waals surface area contributed by atoms with E-state index in [1.807, 2.05) is 6.20 Å². The Morgan fingerprint density at radius 2 is 2.08 bits per heavy atom. The lowest BCUT2D eigenvalue weighted by Crippen LogP contribution is -2.06. The fourth-order valence-corrected chi connectivity index (χ4v) is 2.21. The highest BCUT2D eigenvalue weighted by Gasteiger charge is 2.15. The molecule has 1 aliphatic carbocycles. The average Bonchev–Trinajstić information content (AvgIpc) is 2.19. The lowest BCUT2D eigenvalue weighted by Gasteiger charge is -2.21. The van der Waals surface area contributed by atoms with E-state index in [9.17, 15) is 0 Å². The van der Waals surface area contributed by atoms with E-state index in [4.69, 9.17) is 12.2 Å². The minimum absolute atomic E-state index is 0.614. The zero-order valence-electron chi connectivity index (χ0n) is 7.62. The molecule has 0 unspecified atom stereocenters. The molecular weight excluding hydrogens is 180 g/mol. The number of rotatable bonds is 1. The molecular formula is C10H14N2S. The molecule has 0 amide bonds. The molecule has 0 aromatic carbocycles. The Labute approximate surface area is 83.4 Å². The number of H-pyrrole nitrogens is 1. The molecule has 2 nitrogen and oxygen atoms in total. The normalized spacial score (nSPS) is 18.8. The summed E-state index contributed by atoms with van der Waals surface area (Å²) >= 11 is 5.00. The molecule has 0 spiro atoms. The fourth-order valence-electron chi connectivity index (χ4n) is 2.03. The molecule has 13 heavy (non-hydrogen) atoms. The van der Waals surface area contributed by atoms with Gasteiger partial charge in [-0.3, -0.25) is 0 Å². The van der Waals surface area contributed by atoms with E-state index < -0.39 is 0 Å². The summed E-state index contributed by atoms with van der Waals surface area (Å²) in [6.45, 7) is 0. The topological polar surface area (TPSA) is 28.7 Å². The first kappa shape index (κ1) is 8.88. The molecule has 0 radical (unpaired) electrons. The maximum absolute atomic E-state index is 5.00. The van der Waals surface area contributed by atoms with Crippen LogP contribution in [0.5, 0.6) is 0 Å². The van der Waals surface area contributed by atoms with Crippen molar-refractivity contribution in [1.82, 2.24) is 9.97 Å². The molecule has 1 aliphatic rings. The van der Waals surface area contributed by atoms with Gasteiger partial charge in [0.15, 0.2) is 4.77 Å². The van der Waals surface area contributed by atoms with E-state index in [1.54, 1.807) is 0 Å². The molecule has 1 saturated carbocycles. The number of nitrogens with zero attached hydrogens (tertiary/aromatic N) is 1. The van der Waals surface area contributed by atoms with Crippen molar-refractivity contribution in [2.24, 2.45) is 0 Å². The fraction of sp³-hybridized carbons (Fsp3) is 0.600. The van der Waals surface area contributed by atoms with Gasteiger partial charge in [-0.25, -0.2) is 4.98 Å². The van der Waals surface area contributed by atoms with Gasteiger partial charge in [-0.15, -0.1) is 0 Å². The van der Waals surface area contributed by atoms with E-state index >= 15 is 0 Å². The molecule has 1 aromatic rings. The molecule has 0 atom stereocenters. The average molecular weight is 194 g/mol. The van der Waals surface area contributed by atoms with Crippen LogP contribution in [0.1, 0.15) is 43.7 Å². The van der Waals surface area contributed by atoms with Crippen molar-refractivity contribution in [2.75, 3.05) is 0 Å². The van der Waals surface area contributed by atoms with Crippen molar-refractivity contribution in [2.45, 2.75) is 38.0 Å². The second-order valence-electron chi connectivity index (χ2n) is 3.67. The van der Waals surface area contributed by atoms with Crippen LogP contribution in [0, 0.1) is 4.77 Å². The molecule has 0 bridgehead atoms. The first-order valence-corrected chi connectivity index (χ1v) is 5.32. The maximum atomic E-state index is 5.00. The Morgan fingerprint density at radius 1 is 1.31 bits per heavy atom. The van der Waals surface area contributed by atoms with E-state index in [2.05, 4.69) is 16.0 Å². The highest BCUT2D eigenvalue weighted by Crippen LogP contribution is 2.30. The van der Waals surface area contributed by atoms with Crippen LogP contribution in [0.15, 0.2) is 12.3 Å². The van der Waals surface area contributed by atoms with Crippen LogP contribution in [0.2, 0.25) is 0 Å². The molecule has 1 aromatic heterocycles. The van der Waals surface area contributed by atoms with Crippen LogP contribution < -0.4 is 0 Å². The lowest BCUT2D eigenvalue weighted by molar-refractivity contribution is 0.436. The third kappa shape index (κ3) is 2.15. The van der Waals surface area contributed by atoms with Gasteiger partial charge >= 0.3 is 0 Å². The number of hydrogen-bond acceptors (Lipinski definition) is 2.